The fourth-order valence-corrected chi connectivity index (χ4v) is 3.71. The van der Waals surface area contributed by atoms with Crippen LogP contribution in [-0.2, 0) is 11.3 Å². The lowest BCUT2D eigenvalue weighted by Crippen LogP contribution is -2.48. The first-order valence-corrected chi connectivity index (χ1v) is 9.97. The number of carboxylic acid groups (broad SMARTS) is 1. The van der Waals surface area contributed by atoms with Crippen molar-refractivity contribution in [3.8, 4) is 5.69 Å². The Hall–Kier alpha value is -3.39. The molecule has 0 unspecified atom stereocenters. The summed E-state index contributed by atoms with van der Waals surface area (Å²) in [5.74, 6) is -1.21. The summed E-state index contributed by atoms with van der Waals surface area (Å²) >= 11 is 0. The predicted molar refractivity (Wildman–Crippen MR) is 109 cm³/mol. The van der Waals surface area contributed by atoms with E-state index >= 15 is 0 Å². The molecular formula is C22H23N4O4-. The highest BCUT2D eigenvalue weighted by atomic mass is 16.6. The molecule has 0 radical (unpaired) electrons. The summed E-state index contributed by atoms with van der Waals surface area (Å²) in [6.45, 7) is 5.89. The van der Waals surface area contributed by atoms with Crippen LogP contribution in [0.25, 0.3) is 16.7 Å². The lowest BCUT2D eigenvalue weighted by molar-refractivity contribution is -0.255. The quantitative estimate of drug-likeness (QED) is 0.639. The molecule has 4 rings (SSSR count). The molecule has 30 heavy (non-hydrogen) atoms. The third-order valence-corrected chi connectivity index (χ3v) is 5.28. The van der Waals surface area contributed by atoms with E-state index in [-0.39, 0.29) is 11.7 Å². The Labute approximate surface area is 174 Å². The number of ether oxygens (including phenoxy) is 1. The van der Waals surface area contributed by atoms with Gasteiger partial charge in [-0.3, -0.25) is 9.47 Å². The molecule has 1 aliphatic heterocycles. The van der Waals surface area contributed by atoms with Crippen LogP contribution in [0.3, 0.4) is 0 Å². The van der Waals surface area contributed by atoms with Crippen molar-refractivity contribution in [3.63, 3.8) is 0 Å². The second kappa shape index (κ2) is 8.54. The lowest BCUT2D eigenvalue weighted by Gasteiger charge is -2.34. The monoisotopic (exact) mass is 407 g/mol. The van der Waals surface area contributed by atoms with Gasteiger partial charge in [0, 0.05) is 38.4 Å². The van der Waals surface area contributed by atoms with Crippen LogP contribution in [0.15, 0.2) is 48.8 Å². The normalized spacial score (nSPS) is 14.8. The Balaban J connectivity index is 1.47. The van der Waals surface area contributed by atoms with Gasteiger partial charge in [0.2, 0.25) is 0 Å². The van der Waals surface area contributed by atoms with Crippen LogP contribution < -0.4 is 5.11 Å². The van der Waals surface area contributed by atoms with Crippen molar-refractivity contribution in [3.05, 3.63) is 59.9 Å². The van der Waals surface area contributed by atoms with E-state index < -0.39 is 5.97 Å². The van der Waals surface area contributed by atoms with Crippen molar-refractivity contribution < 1.29 is 19.4 Å². The maximum atomic E-state index is 11.8. The lowest BCUT2D eigenvalue weighted by atomic mass is 10.1. The van der Waals surface area contributed by atoms with Crippen LogP contribution in [-0.4, -0.2) is 64.2 Å². The minimum atomic E-state index is -1.21. The first kappa shape index (κ1) is 19.9. The van der Waals surface area contributed by atoms with Crippen LogP contribution in [0.4, 0.5) is 4.79 Å². The van der Waals surface area contributed by atoms with E-state index in [2.05, 4.69) is 22.0 Å². The van der Waals surface area contributed by atoms with Crippen molar-refractivity contribution >= 4 is 23.1 Å². The highest BCUT2D eigenvalue weighted by Crippen LogP contribution is 2.21. The molecule has 0 atom stereocenters. The first-order valence-electron chi connectivity index (χ1n) is 9.97. The number of carbonyl (C=O) groups is 2. The van der Waals surface area contributed by atoms with Crippen LogP contribution >= 0.6 is 0 Å². The van der Waals surface area contributed by atoms with Gasteiger partial charge in [-0.1, -0.05) is 18.2 Å². The predicted octanol–water partition coefficient (Wildman–Crippen LogP) is 1.66. The van der Waals surface area contributed by atoms with E-state index in [0.717, 1.165) is 36.4 Å². The highest BCUT2D eigenvalue weighted by molar-refractivity contribution is 5.91. The molecule has 0 bridgehead atoms. The summed E-state index contributed by atoms with van der Waals surface area (Å²) in [6, 6.07) is 13.0. The van der Waals surface area contributed by atoms with Crippen molar-refractivity contribution in [1.29, 1.82) is 0 Å². The Morgan fingerprint density at radius 3 is 2.63 bits per heavy atom. The number of carboxylic acids is 1. The van der Waals surface area contributed by atoms with E-state index in [1.165, 1.54) is 12.1 Å². The van der Waals surface area contributed by atoms with Gasteiger partial charge >= 0.3 is 6.09 Å². The Morgan fingerprint density at radius 1 is 1.10 bits per heavy atom. The van der Waals surface area contributed by atoms with Crippen molar-refractivity contribution in [2.24, 2.45) is 0 Å². The number of hydrogen-bond acceptors (Lipinski definition) is 6. The number of benzene rings is 2. The van der Waals surface area contributed by atoms with Gasteiger partial charge < -0.3 is 19.5 Å². The van der Waals surface area contributed by atoms with E-state index in [9.17, 15) is 14.7 Å². The van der Waals surface area contributed by atoms with Gasteiger partial charge in [-0.05, 0) is 42.3 Å². The van der Waals surface area contributed by atoms with E-state index in [1.807, 2.05) is 23.6 Å². The molecule has 1 aromatic heterocycles. The zero-order valence-corrected chi connectivity index (χ0v) is 16.8. The third kappa shape index (κ3) is 4.13. The van der Waals surface area contributed by atoms with Gasteiger partial charge in [0.05, 0.1) is 23.6 Å². The van der Waals surface area contributed by atoms with Crippen molar-refractivity contribution in [1.82, 2.24) is 19.4 Å². The summed E-state index contributed by atoms with van der Waals surface area (Å²) in [7, 11) is 0. The van der Waals surface area contributed by atoms with E-state index in [1.54, 1.807) is 17.3 Å². The fourth-order valence-electron chi connectivity index (χ4n) is 3.71. The largest absolute Gasteiger partial charge is 0.545 e. The molecule has 1 saturated heterocycles. The smallest absolute Gasteiger partial charge is 0.409 e. The number of hydrogen-bond donors (Lipinski definition) is 0. The minimum absolute atomic E-state index is 0.114. The molecular weight excluding hydrogens is 384 g/mol. The number of carbonyl (C=O) groups excluding carboxylic acids is 2. The molecule has 0 N–H and O–H groups in total. The van der Waals surface area contributed by atoms with Gasteiger partial charge in [-0.15, -0.1) is 0 Å². The average molecular weight is 407 g/mol. The minimum Gasteiger partial charge on any atom is -0.545 e. The fraction of sp³-hybridized carbons (Fsp3) is 0.318. The van der Waals surface area contributed by atoms with Crippen LogP contribution in [0, 0.1) is 0 Å². The van der Waals surface area contributed by atoms with Crippen molar-refractivity contribution in [2.45, 2.75) is 13.5 Å². The maximum Gasteiger partial charge on any atom is 0.409 e. The topological polar surface area (TPSA) is 90.7 Å². The number of amides is 1. The summed E-state index contributed by atoms with van der Waals surface area (Å²) < 4.78 is 7.01. The molecule has 0 aliphatic carbocycles. The number of aromatic nitrogens is 2. The van der Waals surface area contributed by atoms with Gasteiger partial charge in [0.1, 0.15) is 6.33 Å². The molecule has 3 aromatic rings. The third-order valence-electron chi connectivity index (χ3n) is 5.28. The molecule has 2 aromatic carbocycles. The Kier molecular flexibility index (Phi) is 5.67. The molecule has 1 aliphatic rings. The number of nitrogens with zero attached hydrogens (tertiary/aromatic N) is 4. The molecule has 8 heteroatoms. The Bertz CT molecular complexity index is 1070. The van der Waals surface area contributed by atoms with Gasteiger partial charge in [0.25, 0.3) is 0 Å². The molecule has 0 spiro atoms. The average Bonchev–Trinajstić information content (AvgIpc) is 3.18. The maximum absolute atomic E-state index is 11.8. The summed E-state index contributed by atoms with van der Waals surface area (Å²) in [5.41, 5.74) is 3.67. The molecule has 156 valence electrons. The SMILES string of the molecule is CCOC(=O)N1CCN(Cc2cccc(-n3cnc4cc(C(=O)[O-])ccc43)c2)CC1. The summed E-state index contributed by atoms with van der Waals surface area (Å²) in [6.07, 6.45) is 1.45. The van der Waals surface area contributed by atoms with Crippen LogP contribution in [0.5, 0.6) is 0 Å². The van der Waals surface area contributed by atoms with Crippen LogP contribution in [0.2, 0.25) is 0 Å². The number of aromatic carboxylic acids is 1. The number of fused-ring (bicyclic) bond motifs is 1. The molecule has 8 nitrogen and oxygen atoms in total. The molecule has 0 saturated carbocycles. The summed E-state index contributed by atoms with van der Waals surface area (Å²) in [4.78, 5) is 31.3. The van der Waals surface area contributed by atoms with Gasteiger partial charge in [-0.2, -0.15) is 0 Å². The second-order valence-corrected chi connectivity index (χ2v) is 7.24. The molecule has 2 heterocycles. The van der Waals surface area contributed by atoms with Gasteiger partial charge in [0.15, 0.2) is 0 Å². The standard InChI is InChI=1S/C22H24N4O4/c1-2-30-22(29)25-10-8-24(9-11-25)14-16-4-3-5-18(12-16)26-15-23-19-13-17(21(27)28)6-7-20(19)26/h3-7,12-13,15H,2,8-11,14H2,1H3,(H,27,28)/p-1. The van der Waals surface area contributed by atoms with Crippen LogP contribution in [0.1, 0.15) is 22.8 Å². The summed E-state index contributed by atoms with van der Waals surface area (Å²) in [5, 5.41) is 11.1. The molecule has 1 fully saturated rings. The van der Waals surface area contributed by atoms with Crippen molar-refractivity contribution in [2.75, 3.05) is 32.8 Å². The number of imidazole rings is 1. The van der Waals surface area contributed by atoms with Gasteiger partial charge in [-0.25, -0.2) is 9.78 Å². The zero-order chi connectivity index (χ0) is 21.1. The Morgan fingerprint density at radius 2 is 1.90 bits per heavy atom. The van der Waals surface area contributed by atoms with E-state index in [0.29, 0.717) is 25.2 Å². The number of piperazine rings is 1. The zero-order valence-electron chi connectivity index (χ0n) is 16.8. The second-order valence-electron chi connectivity index (χ2n) is 7.24. The first-order chi connectivity index (χ1) is 14.5. The number of rotatable bonds is 5. The molecule has 1 amide bonds. The van der Waals surface area contributed by atoms with E-state index in [4.69, 9.17) is 4.74 Å². The highest BCUT2D eigenvalue weighted by Gasteiger charge is 2.21.